The first-order chi connectivity index (χ1) is 9.49. The van der Waals surface area contributed by atoms with Crippen molar-refractivity contribution < 1.29 is 19.0 Å². The molecule has 0 spiro atoms. The third-order valence-corrected chi connectivity index (χ3v) is 2.99. The van der Waals surface area contributed by atoms with Gasteiger partial charge in [0.1, 0.15) is 18.2 Å². The molecule has 2 aromatic carbocycles. The number of rotatable bonds is 4. The van der Waals surface area contributed by atoms with Gasteiger partial charge in [0.2, 0.25) is 0 Å². The standard InChI is InChI=1S/C14H11ClFNO3/c15-10-5-4-9(6-11(10)16)20-7-8-2-1-3-12(17)13(8)14(18)19/h1-6H,7,17H2,(H,18,19). The predicted molar refractivity (Wildman–Crippen MR) is 73.6 cm³/mol. The van der Waals surface area contributed by atoms with Gasteiger partial charge in [0.05, 0.1) is 10.6 Å². The van der Waals surface area contributed by atoms with Crippen LogP contribution in [0, 0.1) is 5.82 Å². The molecule has 104 valence electrons. The monoisotopic (exact) mass is 295 g/mol. The van der Waals surface area contributed by atoms with Crippen LogP contribution in [-0.2, 0) is 6.61 Å². The number of hydrogen-bond donors (Lipinski definition) is 2. The SMILES string of the molecule is Nc1cccc(COc2ccc(Cl)c(F)c2)c1C(=O)O. The van der Waals surface area contributed by atoms with Crippen molar-refractivity contribution in [2.45, 2.75) is 6.61 Å². The molecule has 2 rings (SSSR count). The third kappa shape index (κ3) is 3.00. The van der Waals surface area contributed by atoms with E-state index < -0.39 is 11.8 Å². The second-order valence-electron chi connectivity index (χ2n) is 4.05. The number of hydrogen-bond acceptors (Lipinski definition) is 3. The van der Waals surface area contributed by atoms with Crippen LogP contribution in [0.5, 0.6) is 5.75 Å². The summed E-state index contributed by atoms with van der Waals surface area (Å²) in [5.74, 6) is -1.48. The Morgan fingerprint density at radius 1 is 1.35 bits per heavy atom. The highest BCUT2D eigenvalue weighted by molar-refractivity contribution is 6.30. The molecule has 0 aliphatic rings. The lowest BCUT2D eigenvalue weighted by atomic mass is 10.1. The minimum Gasteiger partial charge on any atom is -0.489 e. The maximum atomic E-state index is 13.3. The molecule has 0 saturated carbocycles. The van der Waals surface area contributed by atoms with Crippen molar-refractivity contribution in [3.63, 3.8) is 0 Å². The van der Waals surface area contributed by atoms with Crippen molar-refractivity contribution in [1.29, 1.82) is 0 Å². The lowest BCUT2D eigenvalue weighted by Gasteiger charge is -2.10. The van der Waals surface area contributed by atoms with Crippen LogP contribution in [0.3, 0.4) is 0 Å². The van der Waals surface area contributed by atoms with Gasteiger partial charge in [0.25, 0.3) is 0 Å². The molecule has 0 atom stereocenters. The van der Waals surface area contributed by atoms with Gasteiger partial charge in [-0.05, 0) is 18.2 Å². The Bertz CT molecular complexity index is 661. The summed E-state index contributed by atoms with van der Waals surface area (Å²) in [6, 6.07) is 8.71. The third-order valence-electron chi connectivity index (χ3n) is 2.68. The average Bonchev–Trinajstić information content (AvgIpc) is 2.39. The van der Waals surface area contributed by atoms with E-state index in [-0.39, 0.29) is 28.6 Å². The number of halogens is 2. The zero-order valence-corrected chi connectivity index (χ0v) is 11.0. The second-order valence-corrected chi connectivity index (χ2v) is 4.46. The van der Waals surface area contributed by atoms with Crippen molar-refractivity contribution in [3.8, 4) is 5.75 Å². The number of carboxylic acids is 1. The molecule has 0 heterocycles. The highest BCUT2D eigenvalue weighted by Gasteiger charge is 2.14. The molecule has 0 amide bonds. The average molecular weight is 296 g/mol. The van der Waals surface area contributed by atoms with Crippen LogP contribution in [-0.4, -0.2) is 11.1 Å². The second kappa shape index (κ2) is 5.79. The summed E-state index contributed by atoms with van der Waals surface area (Å²) in [5.41, 5.74) is 6.17. The summed E-state index contributed by atoms with van der Waals surface area (Å²) in [7, 11) is 0. The first kappa shape index (κ1) is 14.1. The molecule has 4 nitrogen and oxygen atoms in total. The van der Waals surface area contributed by atoms with E-state index >= 15 is 0 Å². The molecule has 0 aliphatic heterocycles. The fraction of sp³-hybridized carbons (Fsp3) is 0.0714. The van der Waals surface area contributed by atoms with Crippen LogP contribution in [0.25, 0.3) is 0 Å². The summed E-state index contributed by atoms with van der Waals surface area (Å²) in [6.07, 6.45) is 0. The maximum Gasteiger partial charge on any atom is 0.338 e. The van der Waals surface area contributed by atoms with Gasteiger partial charge in [-0.3, -0.25) is 0 Å². The molecule has 20 heavy (non-hydrogen) atoms. The van der Waals surface area contributed by atoms with E-state index in [0.29, 0.717) is 5.56 Å². The van der Waals surface area contributed by atoms with Crippen molar-refractivity contribution in [3.05, 3.63) is 58.4 Å². The summed E-state index contributed by atoms with van der Waals surface area (Å²) in [6.45, 7) is -0.0340. The highest BCUT2D eigenvalue weighted by atomic mass is 35.5. The Labute approximate surface area is 119 Å². The number of nitrogen functional groups attached to an aromatic ring is 1. The fourth-order valence-electron chi connectivity index (χ4n) is 1.73. The van der Waals surface area contributed by atoms with Crippen LogP contribution in [0.4, 0.5) is 10.1 Å². The Balaban J connectivity index is 2.21. The van der Waals surface area contributed by atoms with E-state index in [9.17, 15) is 9.18 Å². The highest BCUT2D eigenvalue weighted by Crippen LogP contribution is 2.23. The van der Waals surface area contributed by atoms with Gasteiger partial charge in [-0.15, -0.1) is 0 Å². The largest absolute Gasteiger partial charge is 0.489 e. The molecule has 0 aromatic heterocycles. The lowest BCUT2D eigenvalue weighted by Crippen LogP contribution is -2.09. The van der Waals surface area contributed by atoms with Crippen molar-refractivity contribution >= 4 is 23.3 Å². The smallest absolute Gasteiger partial charge is 0.338 e. The van der Waals surface area contributed by atoms with Gasteiger partial charge >= 0.3 is 5.97 Å². The molecule has 3 N–H and O–H groups in total. The van der Waals surface area contributed by atoms with E-state index in [2.05, 4.69) is 0 Å². The van der Waals surface area contributed by atoms with E-state index in [1.807, 2.05) is 0 Å². The van der Waals surface area contributed by atoms with Gasteiger partial charge in [0, 0.05) is 17.3 Å². The molecular weight excluding hydrogens is 285 g/mol. The van der Waals surface area contributed by atoms with Crippen LogP contribution in [0.2, 0.25) is 5.02 Å². The molecule has 0 bridgehead atoms. The molecule has 0 unspecified atom stereocenters. The summed E-state index contributed by atoms with van der Waals surface area (Å²) >= 11 is 5.56. The summed E-state index contributed by atoms with van der Waals surface area (Å²) in [5, 5.41) is 9.10. The Hall–Kier alpha value is -2.27. The van der Waals surface area contributed by atoms with Gasteiger partial charge in [0.15, 0.2) is 0 Å². The number of ether oxygens (including phenoxy) is 1. The zero-order valence-electron chi connectivity index (χ0n) is 10.3. The van der Waals surface area contributed by atoms with E-state index in [1.54, 1.807) is 12.1 Å². The number of nitrogens with two attached hydrogens (primary N) is 1. The Kier molecular flexibility index (Phi) is 4.10. The Morgan fingerprint density at radius 2 is 2.10 bits per heavy atom. The lowest BCUT2D eigenvalue weighted by molar-refractivity contribution is 0.0695. The number of carboxylic acid groups (broad SMARTS) is 1. The van der Waals surface area contributed by atoms with Crippen LogP contribution >= 0.6 is 11.6 Å². The summed E-state index contributed by atoms with van der Waals surface area (Å²) in [4.78, 5) is 11.1. The van der Waals surface area contributed by atoms with E-state index in [0.717, 1.165) is 6.07 Å². The minimum atomic E-state index is -1.14. The molecule has 0 aliphatic carbocycles. The Morgan fingerprint density at radius 3 is 2.75 bits per heavy atom. The molecule has 0 fully saturated rings. The molecule has 0 radical (unpaired) electrons. The first-order valence-corrected chi connectivity index (χ1v) is 6.05. The van der Waals surface area contributed by atoms with Gasteiger partial charge in [-0.1, -0.05) is 23.7 Å². The zero-order chi connectivity index (χ0) is 14.7. The number of anilines is 1. The predicted octanol–water partition coefficient (Wildman–Crippen LogP) is 3.34. The normalized spacial score (nSPS) is 10.3. The molecular formula is C14H11ClFNO3. The van der Waals surface area contributed by atoms with E-state index in [1.165, 1.54) is 18.2 Å². The summed E-state index contributed by atoms with van der Waals surface area (Å²) < 4.78 is 18.6. The topological polar surface area (TPSA) is 72.5 Å². The van der Waals surface area contributed by atoms with Gasteiger partial charge < -0.3 is 15.6 Å². The molecule has 6 heteroatoms. The van der Waals surface area contributed by atoms with Crippen LogP contribution < -0.4 is 10.5 Å². The number of carbonyl (C=O) groups is 1. The van der Waals surface area contributed by atoms with Crippen molar-refractivity contribution in [2.75, 3.05) is 5.73 Å². The van der Waals surface area contributed by atoms with Crippen molar-refractivity contribution in [2.24, 2.45) is 0 Å². The van der Waals surface area contributed by atoms with E-state index in [4.69, 9.17) is 27.2 Å². The quantitative estimate of drug-likeness (QED) is 0.849. The van der Waals surface area contributed by atoms with Crippen LogP contribution in [0.1, 0.15) is 15.9 Å². The van der Waals surface area contributed by atoms with Gasteiger partial charge in [-0.2, -0.15) is 0 Å². The minimum absolute atomic E-state index is 0.00692. The molecule has 0 saturated heterocycles. The number of benzene rings is 2. The first-order valence-electron chi connectivity index (χ1n) is 5.67. The fourth-order valence-corrected chi connectivity index (χ4v) is 1.85. The van der Waals surface area contributed by atoms with Crippen molar-refractivity contribution in [1.82, 2.24) is 0 Å². The van der Waals surface area contributed by atoms with Crippen LogP contribution in [0.15, 0.2) is 36.4 Å². The van der Waals surface area contributed by atoms with Gasteiger partial charge in [-0.25, -0.2) is 9.18 Å². The molecule has 2 aromatic rings. The maximum absolute atomic E-state index is 13.3. The number of aromatic carboxylic acids is 1.